The van der Waals surface area contributed by atoms with Crippen LogP contribution in [-0.2, 0) is 9.59 Å². The summed E-state index contributed by atoms with van der Waals surface area (Å²) in [5.41, 5.74) is 0.410. The van der Waals surface area contributed by atoms with E-state index in [2.05, 4.69) is 0 Å². The molecular formula is C8H9O2. The van der Waals surface area contributed by atoms with Gasteiger partial charge in [0, 0.05) is 5.57 Å². The van der Waals surface area contributed by atoms with Crippen LogP contribution in [0.1, 0.15) is 13.8 Å². The summed E-state index contributed by atoms with van der Waals surface area (Å²) in [6.07, 6.45) is 5.70. The van der Waals surface area contributed by atoms with Crippen LogP contribution in [0.15, 0.2) is 23.8 Å². The number of hydrogen-bond donors (Lipinski definition) is 0. The molecule has 0 amide bonds. The summed E-state index contributed by atoms with van der Waals surface area (Å²) in [7, 11) is 0. The van der Waals surface area contributed by atoms with Crippen molar-refractivity contribution in [2.45, 2.75) is 13.8 Å². The maximum atomic E-state index is 10.8. The van der Waals surface area contributed by atoms with Crippen LogP contribution in [0, 0.1) is 0 Å². The third-order valence-corrected chi connectivity index (χ3v) is 0.982. The average Bonchev–Trinajstić information content (AvgIpc) is 1.89. The van der Waals surface area contributed by atoms with Crippen molar-refractivity contribution in [1.82, 2.24) is 0 Å². The van der Waals surface area contributed by atoms with Gasteiger partial charge in [0.25, 0.3) is 0 Å². The topological polar surface area (TPSA) is 34.1 Å². The lowest BCUT2D eigenvalue weighted by molar-refractivity contribution is -0.111. The molecule has 0 aliphatic carbocycles. The third kappa shape index (κ3) is 2.97. The molecule has 0 saturated carbocycles. The minimum atomic E-state index is -0.147. The minimum absolute atomic E-state index is 0.147. The molecule has 0 bridgehead atoms. The monoisotopic (exact) mass is 137 g/mol. The van der Waals surface area contributed by atoms with Crippen LogP contribution in [0.3, 0.4) is 0 Å². The second-order valence-corrected chi connectivity index (χ2v) is 1.81. The van der Waals surface area contributed by atoms with E-state index in [1.165, 1.54) is 6.08 Å². The Hall–Kier alpha value is -1.18. The van der Waals surface area contributed by atoms with Crippen molar-refractivity contribution in [3.63, 3.8) is 0 Å². The molecule has 0 saturated heterocycles. The van der Waals surface area contributed by atoms with Crippen molar-refractivity contribution < 1.29 is 9.59 Å². The first kappa shape index (κ1) is 8.82. The van der Waals surface area contributed by atoms with Crippen LogP contribution in [0.25, 0.3) is 0 Å². The van der Waals surface area contributed by atoms with Gasteiger partial charge in [0.1, 0.15) is 0 Å². The van der Waals surface area contributed by atoms with Crippen molar-refractivity contribution in [2.75, 3.05) is 0 Å². The van der Waals surface area contributed by atoms with Crippen LogP contribution in [0.5, 0.6) is 0 Å². The molecule has 1 radical (unpaired) electrons. The van der Waals surface area contributed by atoms with Gasteiger partial charge in [-0.2, -0.15) is 0 Å². The zero-order valence-electron chi connectivity index (χ0n) is 6.05. The van der Waals surface area contributed by atoms with Crippen LogP contribution < -0.4 is 0 Å². The maximum absolute atomic E-state index is 10.8. The van der Waals surface area contributed by atoms with Crippen LogP contribution in [0.2, 0.25) is 0 Å². The fourth-order valence-corrected chi connectivity index (χ4v) is 0.442. The Balaban J connectivity index is 4.21. The van der Waals surface area contributed by atoms with Crippen molar-refractivity contribution in [3.05, 3.63) is 23.8 Å². The first-order chi connectivity index (χ1) is 4.72. The Bertz CT molecular complexity index is 187. The van der Waals surface area contributed by atoms with Crippen molar-refractivity contribution in [3.8, 4) is 0 Å². The Kier molecular flexibility index (Phi) is 4.12. The molecule has 0 spiro atoms. The third-order valence-electron chi connectivity index (χ3n) is 0.982. The normalized spacial score (nSPS) is 12.0. The van der Waals surface area contributed by atoms with E-state index in [1.807, 2.05) is 0 Å². The molecule has 10 heavy (non-hydrogen) atoms. The SMILES string of the molecule is CC=CC(=O)C(C)=C[C]=O. The number of allylic oxidation sites excluding steroid dienone is 4. The maximum Gasteiger partial charge on any atom is 0.226 e. The number of ketones is 1. The first-order valence-electron chi connectivity index (χ1n) is 2.93. The van der Waals surface area contributed by atoms with Gasteiger partial charge in [0.05, 0.1) is 0 Å². The van der Waals surface area contributed by atoms with Crippen molar-refractivity contribution >= 4 is 12.1 Å². The molecule has 0 unspecified atom stereocenters. The second kappa shape index (κ2) is 4.68. The molecule has 0 atom stereocenters. The Morgan fingerprint density at radius 3 is 2.50 bits per heavy atom. The summed E-state index contributed by atoms with van der Waals surface area (Å²) >= 11 is 0. The van der Waals surface area contributed by atoms with Gasteiger partial charge in [0.15, 0.2) is 5.78 Å². The number of carbonyl (C=O) groups excluding carboxylic acids is 2. The molecular weight excluding hydrogens is 128 g/mol. The quantitative estimate of drug-likeness (QED) is 0.547. The number of hydrogen-bond acceptors (Lipinski definition) is 2. The summed E-state index contributed by atoms with van der Waals surface area (Å²) in [6.45, 7) is 3.32. The lowest BCUT2D eigenvalue weighted by Crippen LogP contribution is -1.93. The van der Waals surface area contributed by atoms with Gasteiger partial charge < -0.3 is 0 Å². The van der Waals surface area contributed by atoms with Crippen molar-refractivity contribution in [2.24, 2.45) is 0 Å². The summed E-state index contributed by atoms with van der Waals surface area (Å²) in [4.78, 5) is 20.5. The van der Waals surface area contributed by atoms with Gasteiger partial charge in [-0.25, -0.2) is 0 Å². The highest BCUT2D eigenvalue weighted by Gasteiger charge is 1.96. The fourth-order valence-electron chi connectivity index (χ4n) is 0.442. The van der Waals surface area contributed by atoms with Crippen molar-refractivity contribution in [1.29, 1.82) is 0 Å². The van der Waals surface area contributed by atoms with E-state index in [1.54, 1.807) is 26.2 Å². The van der Waals surface area contributed by atoms with Gasteiger partial charge in [-0.15, -0.1) is 0 Å². The molecule has 0 fully saturated rings. The molecule has 0 aromatic carbocycles. The molecule has 0 aliphatic heterocycles. The summed E-state index contributed by atoms with van der Waals surface area (Å²) < 4.78 is 0. The van der Waals surface area contributed by atoms with E-state index in [4.69, 9.17) is 0 Å². The molecule has 2 nitrogen and oxygen atoms in total. The summed E-state index contributed by atoms with van der Waals surface area (Å²) in [5.74, 6) is -0.147. The smallest absolute Gasteiger partial charge is 0.226 e. The van der Waals surface area contributed by atoms with Gasteiger partial charge in [0.2, 0.25) is 6.29 Å². The molecule has 2 heteroatoms. The summed E-state index contributed by atoms with van der Waals surface area (Å²) in [6, 6.07) is 0. The standard InChI is InChI=1S/C8H9O2/c1-3-4-8(10)7(2)5-6-9/h3-5H,1-2H3. The highest BCUT2D eigenvalue weighted by molar-refractivity contribution is 6.05. The molecule has 0 heterocycles. The van der Waals surface area contributed by atoms with E-state index < -0.39 is 0 Å². The predicted octanol–water partition coefficient (Wildman–Crippen LogP) is 1.19. The van der Waals surface area contributed by atoms with Gasteiger partial charge in [-0.05, 0) is 26.0 Å². The molecule has 0 aliphatic rings. The second-order valence-electron chi connectivity index (χ2n) is 1.81. The molecule has 53 valence electrons. The van der Waals surface area contributed by atoms with E-state index >= 15 is 0 Å². The van der Waals surface area contributed by atoms with Gasteiger partial charge >= 0.3 is 0 Å². The van der Waals surface area contributed by atoms with Crippen LogP contribution in [-0.4, -0.2) is 12.1 Å². The molecule has 0 aromatic rings. The predicted molar refractivity (Wildman–Crippen MR) is 39.3 cm³/mol. The van der Waals surface area contributed by atoms with E-state index in [0.717, 1.165) is 6.08 Å². The van der Waals surface area contributed by atoms with E-state index in [0.29, 0.717) is 5.57 Å². The highest BCUT2D eigenvalue weighted by atomic mass is 16.1. The Labute approximate surface area is 60.2 Å². The van der Waals surface area contributed by atoms with Crippen LogP contribution in [0.4, 0.5) is 0 Å². The number of carbonyl (C=O) groups is 1. The minimum Gasteiger partial charge on any atom is -0.290 e. The van der Waals surface area contributed by atoms with Gasteiger partial charge in [-0.1, -0.05) is 6.08 Å². The molecule has 0 rings (SSSR count). The Morgan fingerprint density at radius 1 is 1.50 bits per heavy atom. The van der Waals surface area contributed by atoms with E-state index in [-0.39, 0.29) is 5.78 Å². The highest BCUT2D eigenvalue weighted by Crippen LogP contribution is 1.93. The van der Waals surface area contributed by atoms with E-state index in [9.17, 15) is 9.59 Å². The molecule has 0 aromatic heterocycles. The van der Waals surface area contributed by atoms with Crippen LogP contribution >= 0.6 is 0 Å². The number of rotatable bonds is 3. The largest absolute Gasteiger partial charge is 0.290 e. The Morgan fingerprint density at radius 2 is 2.10 bits per heavy atom. The lowest BCUT2D eigenvalue weighted by Gasteiger charge is -1.87. The van der Waals surface area contributed by atoms with Gasteiger partial charge in [-0.3, -0.25) is 9.59 Å². The fraction of sp³-hybridized carbons (Fsp3) is 0.250. The average molecular weight is 137 g/mol. The zero-order valence-corrected chi connectivity index (χ0v) is 6.05. The first-order valence-corrected chi connectivity index (χ1v) is 2.93. The summed E-state index contributed by atoms with van der Waals surface area (Å²) in [5, 5.41) is 0. The lowest BCUT2D eigenvalue weighted by atomic mass is 10.2. The molecule has 0 N–H and O–H groups in total. The zero-order chi connectivity index (χ0) is 7.98.